The van der Waals surface area contributed by atoms with Crippen molar-refractivity contribution in [3.05, 3.63) is 46.0 Å². The monoisotopic (exact) mass is 319 g/mol. The number of ether oxygens (including phenoxy) is 1. The van der Waals surface area contributed by atoms with Gasteiger partial charge >= 0.3 is 0 Å². The van der Waals surface area contributed by atoms with Gasteiger partial charge < -0.3 is 19.8 Å². The Balaban J connectivity index is 1.59. The molecule has 0 amide bonds. The Morgan fingerprint density at radius 1 is 1.41 bits per heavy atom. The van der Waals surface area contributed by atoms with E-state index in [1.165, 1.54) is 10.4 Å². The zero-order chi connectivity index (χ0) is 15.4. The molecular formula is C16H21N3O2S. The minimum absolute atomic E-state index is 0.310. The highest BCUT2D eigenvalue weighted by molar-refractivity contribution is 7.10. The highest BCUT2D eigenvalue weighted by atomic mass is 32.1. The predicted molar refractivity (Wildman–Crippen MR) is 88.2 cm³/mol. The van der Waals surface area contributed by atoms with Gasteiger partial charge in [-0.2, -0.15) is 0 Å². The summed E-state index contributed by atoms with van der Waals surface area (Å²) >= 11 is 1.81. The molecule has 2 N–H and O–H groups in total. The number of thiophene rings is 1. The Kier molecular flexibility index (Phi) is 4.49. The smallest absolute Gasteiger partial charge is 0.191 e. The fourth-order valence-electron chi connectivity index (χ4n) is 2.66. The van der Waals surface area contributed by atoms with E-state index >= 15 is 0 Å². The van der Waals surface area contributed by atoms with Gasteiger partial charge in [-0.25, -0.2) is 0 Å². The minimum atomic E-state index is -0.310. The number of hydrogen-bond acceptors (Lipinski definition) is 4. The van der Waals surface area contributed by atoms with Crippen LogP contribution in [0.25, 0.3) is 0 Å². The number of hydrogen-bond donors (Lipinski definition) is 2. The van der Waals surface area contributed by atoms with Gasteiger partial charge in [0.25, 0.3) is 0 Å². The molecule has 0 aliphatic carbocycles. The van der Waals surface area contributed by atoms with Crippen molar-refractivity contribution in [2.45, 2.75) is 25.5 Å². The van der Waals surface area contributed by atoms with Crippen LogP contribution in [0.2, 0.25) is 0 Å². The molecule has 0 radical (unpaired) electrons. The SMILES string of the molecule is CN=C(NCc1ccco1)NCC1(C)OCCc2sccc21. The second kappa shape index (κ2) is 6.54. The van der Waals surface area contributed by atoms with Gasteiger partial charge in [0.15, 0.2) is 5.96 Å². The van der Waals surface area contributed by atoms with Crippen LogP contribution in [-0.2, 0) is 23.3 Å². The molecule has 5 nitrogen and oxygen atoms in total. The predicted octanol–water partition coefficient (Wildman–Crippen LogP) is 2.49. The summed E-state index contributed by atoms with van der Waals surface area (Å²) < 4.78 is 11.3. The zero-order valence-corrected chi connectivity index (χ0v) is 13.7. The third-order valence-corrected chi connectivity index (χ3v) is 4.87. The van der Waals surface area contributed by atoms with Crippen LogP contribution >= 0.6 is 11.3 Å². The molecule has 1 atom stereocenters. The van der Waals surface area contributed by atoms with Gasteiger partial charge in [-0.05, 0) is 36.1 Å². The largest absolute Gasteiger partial charge is 0.467 e. The van der Waals surface area contributed by atoms with Crippen molar-refractivity contribution >= 4 is 17.3 Å². The van der Waals surface area contributed by atoms with Gasteiger partial charge in [0.2, 0.25) is 0 Å². The average Bonchev–Trinajstić information content (AvgIpc) is 3.19. The zero-order valence-electron chi connectivity index (χ0n) is 12.9. The molecule has 0 bridgehead atoms. The summed E-state index contributed by atoms with van der Waals surface area (Å²) in [6, 6.07) is 5.98. The van der Waals surface area contributed by atoms with Crippen molar-refractivity contribution in [1.82, 2.24) is 10.6 Å². The molecule has 0 spiro atoms. The molecule has 1 unspecified atom stereocenters. The lowest BCUT2D eigenvalue weighted by atomic mass is 9.93. The molecular weight excluding hydrogens is 298 g/mol. The molecule has 0 fully saturated rings. The first-order valence-corrected chi connectivity index (χ1v) is 8.27. The molecule has 0 saturated heterocycles. The molecule has 1 aliphatic heterocycles. The van der Waals surface area contributed by atoms with E-state index in [2.05, 4.69) is 34.0 Å². The highest BCUT2D eigenvalue weighted by Gasteiger charge is 2.34. The maximum absolute atomic E-state index is 6.04. The van der Waals surface area contributed by atoms with Crippen LogP contribution < -0.4 is 10.6 Å². The van der Waals surface area contributed by atoms with Crippen molar-refractivity contribution < 1.29 is 9.15 Å². The number of aliphatic imine (C=N–C) groups is 1. The first kappa shape index (κ1) is 15.1. The number of nitrogens with one attached hydrogen (secondary N) is 2. The third kappa shape index (κ3) is 3.18. The Bertz CT molecular complexity index is 636. The van der Waals surface area contributed by atoms with Crippen molar-refractivity contribution in [1.29, 1.82) is 0 Å². The first-order chi connectivity index (χ1) is 10.7. The summed E-state index contributed by atoms with van der Waals surface area (Å²) in [6.07, 6.45) is 2.68. The van der Waals surface area contributed by atoms with Crippen LogP contribution in [0.4, 0.5) is 0 Å². The van der Waals surface area contributed by atoms with E-state index < -0.39 is 0 Å². The van der Waals surface area contributed by atoms with E-state index in [-0.39, 0.29) is 5.60 Å². The summed E-state index contributed by atoms with van der Waals surface area (Å²) in [5.74, 6) is 1.62. The van der Waals surface area contributed by atoms with Crippen LogP contribution in [0, 0.1) is 0 Å². The topological polar surface area (TPSA) is 58.8 Å². The number of guanidine groups is 1. The summed E-state index contributed by atoms with van der Waals surface area (Å²) in [5, 5.41) is 8.73. The number of furan rings is 1. The summed E-state index contributed by atoms with van der Waals surface area (Å²) in [6.45, 7) is 4.18. The molecule has 3 rings (SSSR count). The Morgan fingerprint density at radius 2 is 2.32 bits per heavy atom. The highest BCUT2D eigenvalue weighted by Crippen LogP contribution is 2.35. The molecule has 3 heterocycles. The standard InChI is InChI=1S/C16H21N3O2S/c1-16(13-6-9-22-14(13)5-8-21-16)11-19-15(17-2)18-10-12-4-3-7-20-12/h3-4,6-7,9H,5,8,10-11H2,1-2H3,(H2,17,18,19). The normalized spacial score (nSPS) is 21.5. The van der Waals surface area contributed by atoms with E-state index in [0.29, 0.717) is 13.1 Å². The minimum Gasteiger partial charge on any atom is -0.467 e. The lowest BCUT2D eigenvalue weighted by molar-refractivity contribution is -0.0410. The molecule has 0 aromatic carbocycles. The van der Waals surface area contributed by atoms with Crippen LogP contribution in [0.5, 0.6) is 0 Å². The average molecular weight is 319 g/mol. The number of fused-ring (bicyclic) bond motifs is 1. The van der Waals surface area contributed by atoms with Crippen molar-refractivity contribution in [2.24, 2.45) is 4.99 Å². The van der Waals surface area contributed by atoms with Crippen molar-refractivity contribution in [3.8, 4) is 0 Å². The fraction of sp³-hybridized carbons (Fsp3) is 0.438. The quantitative estimate of drug-likeness (QED) is 0.671. The maximum Gasteiger partial charge on any atom is 0.191 e. The molecule has 1 aliphatic rings. The summed E-state index contributed by atoms with van der Waals surface area (Å²) in [5.41, 5.74) is 0.980. The van der Waals surface area contributed by atoms with Crippen LogP contribution in [-0.4, -0.2) is 26.2 Å². The van der Waals surface area contributed by atoms with Gasteiger partial charge in [0.05, 0.1) is 26.0 Å². The van der Waals surface area contributed by atoms with Crippen LogP contribution in [0.3, 0.4) is 0 Å². The summed E-state index contributed by atoms with van der Waals surface area (Å²) in [7, 11) is 1.76. The van der Waals surface area contributed by atoms with Gasteiger partial charge in [-0.3, -0.25) is 4.99 Å². The Hall–Kier alpha value is -1.79. The maximum atomic E-state index is 6.04. The second-order valence-corrected chi connectivity index (χ2v) is 6.45. The molecule has 118 valence electrons. The van der Waals surface area contributed by atoms with E-state index in [0.717, 1.165) is 24.7 Å². The van der Waals surface area contributed by atoms with Gasteiger partial charge in [0, 0.05) is 18.3 Å². The van der Waals surface area contributed by atoms with Crippen LogP contribution in [0.15, 0.2) is 39.3 Å². The Morgan fingerprint density at radius 3 is 3.09 bits per heavy atom. The van der Waals surface area contributed by atoms with E-state index in [4.69, 9.17) is 9.15 Å². The number of nitrogens with zero attached hydrogens (tertiary/aromatic N) is 1. The molecule has 2 aromatic heterocycles. The van der Waals surface area contributed by atoms with Gasteiger partial charge in [-0.1, -0.05) is 0 Å². The van der Waals surface area contributed by atoms with Gasteiger partial charge in [0.1, 0.15) is 11.4 Å². The second-order valence-electron chi connectivity index (χ2n) is 5.45. The van der Waals surface area contributed by atoms with E-state index in [1.54, 1.807) is 13.3 Å². The first-order valence-electron chi connectivity index (χ1n) is 7.39. The van der Waals surface area contributed by atoms with Crippen molar-refractivity contribution in [2.75, 3.05) is 20.2 Å². The lowest BCUT2D eigenvalue weighted by Gasteiger charge is -2.34. The van der Waals surface area contributed by atoms with Crippen LogP contribution in [0.1, 0.15) is 23.1 Å². The molecule has 6 heteroatoms. The van der Waals surface area contributed by atoms with E-state index in [9.17, 15) is 0 Å². The Labute approximate surface area is 134 Å². The summed E-state index contributed by atoms with van der Waals surface area (Å²) in [4.78, 5) is 5.67. The van der Waals surface area contributed by atoms with E-state index in [1.807, 2.05) is 23.5 Å². The number of rotatable bonds is 4. The van der Waals surface area contributed by atoms with Crippen molar-refractivity contribution in [3.63, 3.8) is 0 Å². The molecule has 22 heavy (non-hydrogen) atoms. The van der Waals surface area contributed by atoms with Gasteiger partial charge in [-0.15, -0.1) is 11.3 Å². The fourth-order valence-corrected chi connectivity index (χ4v) is 3.64. The molecule has 2 aromatic rings. The lowest BCUT2D eigenvalue weighted by Crippen LogP contribution is -2.46. The third-order valence-electron chi connectivity index (χ3n) is 3.89. The molecule has 0 saturated carbocycles.